The van der Waals surface area contributed by atoms with Crippen LogP contribution in [0.15, 0.2) is 42.5 Å². The predicted octanol–water partition coefficient (Wildman–Crippen LogP) is 3.62. The lowest BCUT2D eigenvalue weighted by molar-refractivity contribution is 0.0757. The highest BCUT2D eigenvalue weighted by Crippen LogP contribution is 2.27. The Bertz CT molecular complexity index is 598. The van der Waals surface area contributed by atoms with Gasteiger partial charge in [0, 0.05) is 0 Å². The van der Waals surface area contributed by atoms with Gasteiger partial charge in [0.2, 0.25) is 0 Å². The van der Waals surface area contributed by atoms with Crippen LogP contribution in [0.3, 0.4) is 0 Å². The number of hydrogen-bond acceptors (Lipinski definition) is 4. The zero-order chi connectivity index (χ0) is 16.5. The Balaban J connectivity index is 1.60. The molecule has 2 aromatic rings. The van der Waals surface area contributed by atoms with Gasteiger partial charge in [0.25, 0.3) is 0 Å². The normalized spacial score (nSPS) is 10.4. The van der Waals surface area contributed by atoms with Crippen molar-refractivity contribution in [1.82, 2.24) is 0 Å². The van der Waals surface area contributed by atoms with E-state index in [-0.39, 0.29) is 5.82 Å². The predicted molar refractivity (Wildman–Crippen MR) is 85.9 cm³/mol. The third-order valence-corrected chi connectivity index (χ3v) is 3.11. The molecule has 0 aliphatic heterocycles. The highest BCUT2D eigenvalue weighted by molar-refractivity contribution is 5.42. The van der Waals surface area contributed by atoms with Crippen LogP contribution in [0.2, 0.25) is 0 Å². The molecule has 0 saturated heterocycles. The summed E-state index contributed by atoms with van der Waals surface area (Å²) in [6.45, 7) is 3.71. The van der Waals surface area contributed by atoms with Crippen LogP contribution in [0.4, 0.5) is 4.39 Å². The van der Waals surface area contributed by atoms with Crippen molar-refractivity contribution >= 4 is 0 Å². The summed E-state index contributed by atoms with van der Waals surface area (Å²) in [5.41, 5.74) is 1.11. The first kappa shape index (κ1) is 17.1. The van der Waals surface area contributed by atoms with Crippen LogP contribution in [0.25, 0.3) is 0 Å². The molecule has 0 heterocycles. The zero-order valence-electron chi connectivity index (χ0n) is 13.4. The van der Waals surface area contributed by atoms with Crippen LogP contribution in [0.1, 0.15) is 5.56 Å². The van der Waals surface area contributed by atoms with Crippen molar-refractivity contribution < 1.29 is 23.3 Å². The van der Waals surface area contributed by atoms with E-state index in [0.29, 0.717) is 43.7 Å². The summed E-state index contributed by atoms with van der Waals surface area (Å²) in [5.74, 6) is 1.75. The topological polar surface area (TPSA) is 36.9 Å². The van der Waals surface area contributed by atoms with Gasteiger partial charge in [-0.3, -0.25) is 0 Å². The lowest BCUT2D eigenvalue weighted by atomic mass is 10.2. The average Bonchev–Trinajstić information content (AvgIpc) is 2.56. The highest BCUT2D eigenvalue weighted by atomic mass is 19.1. The molecule has 0 spiro atoms. The molecule has 0 aromatic heterocycles. The molecule has 0 fully saturated rings. The molecule has 124 valence electrons. The minimum absolute atomic E-state index is 0.280. The Morgan fingerprint density at radius 1 is 0.826 bits per heavy atom. The molecule has 0 radical (unpaired) electrons. The molecule has 0 unspecified atom stereocenters. The lowest BCUT2D eigenvalue weighted by Crippen LogP contribution is -2.12. The number of benzene rings is 2. The Hall–Kier alpha value is -2.27. The van der Waals surface area contributed by atoms with Crippen LogP contribution in [-0.2, 0) is 4.74 Å². The molecule has 0 aliphatic carbocycles. The Morgan fingerprint density at radius 2 is 1.52 bits per heavy atom. The van der Waals surface area contributed by atoms with Gasteiger partial charge in [-0.1, -0.05) is 6.07 Å². The number of ether oxygens (including phenoxy) is 4. The van der Waals surface area contributed by atoms with Gasteiger partial charge in [-0.05, 0) is 48.9 Å². The summed E-state index contributed by atoms with van der Waals surface area (Å²) < 4.78 is 34.5. The van der Waals surface area contributed by atoms with Gasteiger partial charge in [-0.2, -0.15) is 0 Å². The highest BCUT2D eigenvalue weighted by Gasteiger charge is 2.04. The molecule has 0 amide bonds. The fraction of sp³-hybridized carbons (Fsp3) is 0.333. The third kappa shape index (κ3) is 5.79. The van der Waals surface area contributed by atoms with Crippen molar-refractivity contribution in [2.24, 2.45) is 0 Å². The first-order valence-electron chi connectivity index (χ1n) is 7.42. The summed E-state index contributed by atoms with van der Waals surface area (Å²) in [7, 11) is 1.62. The van der Waals surface area contributed by atoms with Crippen LogP contribution < -0.4 is 14.2 Å². The van der Waals surface area contributed by atoms with Crippen LogP contribution in [-0.4, -0.2) is 33.5 Å². The van der Waals surface area contributed by atoms with Crippen LogP contribution >= 0.6 is 0 Å². The summed E-state index contributed by atoms with van der Waals surface area (Å²) in [4.78, 5) is 0. The number of hydrogen-bond donors (Lipinski definition) is 0. The van der Waals surface area contributed by atoms with E-state index in [1.807, 2.05) is 25.1 Å². The van der Waals surface area contributed by atoms with Crippen molar-refractivity contribution in [2.45, 2.75) is 6.92 Å². The van der Waals surface area contributed by atoms with Crippen molar-refractivity contribution in [3.05, 3.63) is 53.8 Å². The van der Waals surface area contributed by atoms with Crippen LogP contribution in [0.5, 0.6) is 17.2 Å². The van der Waals surface area contributed by atoms with Gasteiger partial charge in [-0.15, -0.1) is 0 Å². The Labute approximate surface area is 135 Å². The molecule has 2 aromatic carbocycles. The third-order valence-electron chi connectivity index (χ3n) is 3.11. The Morgan fingerprint density at radius 3 is 2.22 bits per heavy atom. The Kier molecular flexibility index (Phi) is 6.69. The smallest absolute Gasteiger partial charge is 0.161 e. The maximum atomic E-state index is 12.7. The minimum Gasteiger partial charge on any atom is -0.493 e. The maximum absolute atomic E-state index is 12.7. The van der Waals surface area contributed by atoms with Gasteiger partial charge in [0.05, 0.1) is 20.3 Å². The second-order valence-corrected chi connectivity index (χ2v) is 4.92. The standard InChI is InChI=1S/C18H21FO4/c1-14-3-8-17(18(13-14)20-2)23-12-10-21-9-11-22-16-6-4-15(19)5-7-16/h3-8,13H,9-12H2,1-2H3. The van der Waals surface area contributed by atoms with Crippen LogP contribution in [0, 0.1) is 12.7 Å². The van der Waals surface area contributed by atoms with E-state index in [0.717, 1.165) is 5.56 Å². The van der Waals surface area contributed by atoms with Crippen molar-refractivity contribution in [3.63, 3.8) is 0 Å². The molecule has 23 heavy (non-hydrogen) atoms. The van der Waals surface area contributed by atoms with Gasteiger partial charge in [-0.25, -0.2) is 4.39 Å². The van der Waals surface area contributed by atoms with E-state index in [1.165, 1.54) is 12.1 Å². The molecule has 4 nitrogen and oxygen atoms in total. The SMILES string of the molecule is COc1cc(C)ccc1OCCOCCOc1ccc(F)cc1. The fourth-order valence-electron chi connectivity index (χ4n) is 1.96. The number of rotatable bonds is 9. The first-order chi connectivity index (χ1) is 11.2. The summed E-state index contributed by atoms with van der Waals surface area (Å²) in [6, 6.07) is 11.7. The van der Waals surface area contributed by atoms with E-state index >= 15 is 0 Å². The maximum Gasteiger partial charge on any atom is 0.161 e. The second-order valence-electron chi connectivity index (χ2n) is 4.92. The number of halogens is 1. The molecule has 0 bridgehead atoms. The lowest BCUT2D eigenvalue weighted by Gasteiger charge is -2.11. The fourth-order valence-corrected chi connectivity index (χ4v) is 1.96. The molecule has 0 saturated carbocycles. The van der Waals surface area contributed by atoms with E-state index in [1.54, 1.807) is 19.2 Å². The molecule has 0 aliphatic rings. The summed E-state index contributed by atoms with van der Waals surface area (Å²) >= 11 is 0. The van der Waals surface area contributed by atoms with E-state index in [2.05, 4.69) is 0 Å². The molecule has 2 rings (SSSR count). The van der Waals surface area contributed by atoms with E-state index < -0.39 is 0 Å². The van der Waals surface area contributed by atoms with Gasteiger partial charge < -0.3 is 18.9 Å². The van der Waals surface area contributed by atoms with Crippen molar-refractivity contribution in [2.75, 3.05) is 33.5 Å². The monoisotopic (exact) mass is 320 g/mol. The van der Waals surface area contributed by atoms with Gasteiger partial charge in [0.1, 0.15) is 24.8 Å². The molecular weight excluding hydrogens is 299 g/mol. The quantitative estimate of drug-likeness (QED) is 0.661. The van der Waals surface area contributed by atoms with Crippen molar-refractivity contribution in [3.8, 4) is 17.2 Å². The minimum atomic E-state index is -0.280. The zero-order valence-corrected chi connectivity index (χ0v) is 13.4. The summed E-state index contributed by atoms with van der Waals surface area (Å²) in [6.07, 6.45) is 0. The first-order valence-corrected chi connectivity index (χ1v) is 7.42. The van der Waals surface area contributed by atoms with Gasteiger partial charge >= 0.3 is 0 Å². The molecule has 0 N–H and O–H groups in total. The molecule has 0 atom stereocenters. The second kappa shape index (κ2) is 9.00. The van der Waals surface area contributed by atoms with E-state index in [4.69, 9.17) is 18.9 Å². The average molecular weight is 320 g/mol. The molecule has 5 heteroatoms. The van der Waals surface area contributed by atoms with E-state index in [9.17, 15) is 4.39 Å². The summed E-state index contributed by atoms with van der Waals surface area (Å²) in [5, 5.41) is 0. The van der Waals surface area contributed by atoms with Gasteiger partial charge in [0.15, 0.2) is 11.5 Å². The molecular formula is C18H21FO4. The number of aryl methyl sites for hydroxylation is 1. The number of methoxy groups -OCH3 is 1. The largest absolute Gasteiger partial charge is 0.493 e. The van der Waals surface area contributed by atoms with Crippen molar-refractivity contribution in [1.29, 1.82) is 0 Å².